The highest BCUT2D eigenvalue weighted by atomic mass is 35.5. The summed E-state index contributed by atoms with van der Waals surface area (Å²) in [5, 5.41) is 4.18. The fraction of sp³-hybridized carbons (Fsp3) is 1.00. The van der Waals surface area contributed by atoms with Crippen LogP contribution in [-0.2, 0) is 0 Å². The lowest BCUT2D eigenvalue weighted by atomic mass is 9.94. The minimum absolute atomic E-state index is 0.458. The molecule has 2 saturated carbocycles. The predicted octanol–water partition coefficient (Wildman–Crippen LogP) is 3.32. The third-order valence-corrected chi connectivity index (χ3v) is 4.26. The monoisotopic (exact) mass is 215 g/mol. The van der Waals surface area contributed by atoms with Crippen LogP contribution < -0.4 is 5.32 Å². The smallest absolute Gasteiger partial charge is 0.0337 e. The van der Waals surface area contributed by atoms with Crippen LogP contribution in [0.15, 0.2) is 0 Å². The Bertz CT molecular complexity index is 158. The van der Waals surface area contributed by atoms with E-state index in [4.69, 9.17) is 11.6 Å². The molecule has 1 N–H and O–H groups in total. The van der Waals surface area contributed by atoms with Gasteiger partial charge in [-0.2, -0.15) is 0 Å². The Hall–Kier alpha value is 0.250. The molecule has 14 heavy (non-hydrogen) atoms. The van der Waals surface area contributed by atoms with Gasteiger partial charge in [0.25, 0.3) is 0 Å². The molecule has 2 rings (SSSR count). The van der Waals surface area contributed by atoms with E-state index >= 15 is 0 Å². The summed E-state index contributed by atoms with van der Waals surface area (Å²) in [4.78, 5) is 0. The van der Waals surface area contributed by atoms with Crippen molar-refractivity contribution in [2.75, 3.05) is 6.54 Å². The topological polar surface area (TPSA) is 12.0 Å². The van der Waals surface area contributed by atoms with Crippen LogP contribution in [0.1, 0.15) is 51.4 Å². The van der Waals surface area contributed by atoms with Crippen molar-refractivity contribution in [1.29, 1.82) is 0 Å². The fourth-order valence-electron chi connectivity index (χ4n) is 2.80. The highest BCUT2D eigenvalue weighted by Crippen LogP contribution is 2.26. The summed E-state index contributed by atoms with van der Waals surface area (Å²) in [6, 6.07) is 0.769. The maximum atomic E-state index is 6.08. The molecule has 0 aliphatic heterocycles. The van der Waals surface area contributed by atoms with Crippen molar-refractivity contribution in [3.8, 4) is 0 Å². The molecule has 0 aromatic heterocycles. The van der Waals surface area contributed by atoms with E-state index in [2.05, 4.69) is 5.32 Å². The van der Waals surface area contributed by atoms with E-state index < -0.39 is 0 Å². The number of nitrogens with one attached hydrogen (secondary N) is 1. The van der Waals surface area contributed by atoms with E-state index in [1.165, 1.54) is 57.9 Å². The van der Waals surface area contributed by atoms with E-state index in [0.29, 0.717) is 5.38 Å². The average molecular weight is 216 g/mol. The second-order valence-corrected chi connectivity index (χ2v) is 5.62. The third-order valence-electron chi connectivity index (χ3n) is 3.83. The van der Waals surface area contributed by atoms with Crippen LogP contribution in [0.25, 0.3) is 0 Å². The van der Waals surface area contributed by atoms with E-state index in [1.54, 1.807) is 0 Å². The molecule has 0 radical (unpaired) electrons. The molecule has 2 fully saturated rings. The molecule has 0 spiro atoms. The van der Waals surface area contributed by atoms with Crippen LogP contribution >= 0.6 is 11.6 Å². The van der Waals surface area contributed by atoms with Crippen LogP contribution in [0.2, 0.25) is 0 Å². The summed E-state index contributed by atoms with van der Waals surface area (Å²) < 4.78 is 0. The first-order chi connectivity index (χ1) is 6.84. The standard InChI is InChI=1S/C12H22ClN/c13-11-5-7-12(8-6-11)14-9-10-3-1-2-4-10/h10-12,14H,1-9H2. The lowest BCUT2D eigenvalue weighted by Gasteiger charge is -2.27. The molecular weight excluding hydrogens is 194 g/mol. The Morgan fingerprint density at radius 1 is 0.929 bits per heavy atom. The van der Waals surface area contributed by atoms with Gasteiger partial charge in [-0.3, -0.25) is 0 Å². The van der Waals surface area contributed by atoms with Gasteiger partial charge in [-0.15, -0.1) is 11.6 Å². The van der Waals surface area contributed by atoms with Crippen molar-refractivity contribution in [3.63, 3.8) is 0 Å². The van der Waals surface area contributed by atoms with Crippen molar-refractivity contribution in [2.45, 2.75) is 62.8 Å². The first kappa shape index (κ1) is 10.8. The SMILES string of the molecule is ClC1CCC(NCC2CCCC2)CC1. The van der Waals surface area contributed by atoms with Crippen molar-refractivity contribution < 1.29 is 0 Å². The van der Waals surface area contributed by atoms with Gasteiger partial charge >= 0.3 is 0 Å². The molecule has 0 bridgehead atoms. The van der Waals surface area contributed by atoms with E-state index in [-0.39, 0.29) is 0 Å². The Morgan fingerprint density at radius 2 is 1.57 bits per heavy atom. The zero-order valence-corrected chi connectivity index (χ0v) is 9.73. The molecule has 0 aromatic carbocycles. The molecular formula is C12H22ClN. The summed E-state index contributed by atoms with van der Waals surface area (Å²) in [6.07, 6.45) is 10.8. The maximum absolute atomic E-state index is 6.08. The van der Waals surface area contributed by atoms with E-state index in [0.717, 1.165) is 12.0 Å². The molecule has 0 aromatic rings. The normalized spacial score (nSPS) is 34.9. The Kier molecular flexibility index (Phi) is 4.12. The van der Waals surface area contributed by atoms with E-state index in [1.807, 2.05) is 0 Å². The summed E-state index contributed by atoms with van der Waals surface area (Å²) in [5.41, 5.74) is 0. The van der Waals surface area contributed by atoms with E-state index in [9.17, 15) is 0 Å². The highest BCUT2D eigenvalue weighted by molar-refractivity contribution is 6.20. The first-order valence-electron chi connectivity index (χ1n) is 6.22. The van der Waals surface area contributed by atoms with Crippen LogP contribution in [0.5, 0.6) is 0 Å². The summed E-state index contributed by atoms with van der Waals surface area (Å²) in [6.45, 7) is 1.26. The molecule has 0 atom stereocenters. The number of rotatable bonds is 3. The largest absolute Gasteiger partial charge is 0.314 e. The fourth-order valence-corrected chi connectivity index (χ4v) is 3.06. The van der Waals surface area contributed by atoms with Gasteiger partial charge in [0.05, 0.1) is 0 Å². The van der Waals surface area contributed by atoms with Crippen LogP contribution in [0.4, 0.5) is 0 Å². The molecule has 2 aliphatic rings. The summed E-state index contributed by atoms with van der Waals surface area (Å²) in [5.74, 6) is 0.976. The van der Waals surface area contributed by atoms with Gasteiger partial charge in [0.15, 0.2) is 0 Å². The van der Waals surface area contributed by atoms with Gasteiger partial charge in [0.1, 0.15) is 0 Å². The van der Waals surface area contributed by atoms with Gasteiger partial charge in [-0.25, -0.2) is 0 Å². The number of alkyl halides is 1. The van der Waals surface area contributed by atoms with Crippen molar-refractivity contribution in [3.05, 3.63) is 0 Å². The van der Waals surface area contributed by atoms with Crippen LogP contribution in [-0.4, -0.2) is 18.0 Å². The molecule has 2 heteroatoms. The second kappa shape index (κ2) is 5.37. The maximum Gasteiger partial charge on any atom is 0.0337 e. The molecule has 1 nitrogen and oxygen atoms in total. The molecule has 0 heterocycles. The van der Waals surface area contributed by atoms with Gasteiger partial charge in [-0.05, 0) is 51.0 Å². The molecule has 2 aliphatic carbocycles. The molecule has 82 valence electrons. The number of hydrogen-bond acceptors (Lipinski definition) is 1. The van der Waals surface area contributed by atoms with Crippen molar-refractivity contribution in [1.82, 2.24) is 5.32 Å². The Balaban J connectivity index is 1.60. The zero-order valence-electron chi connectivity index (χ0n) is 8.97. The van der Waals surface area contributed by atoms with Gasteiger partial charge in [0.2, 0.25) is 0 Å². The number of hydrogen-bond donors (Lipinski definition) is 1. The Morgan fingerprint density at radius 3 is 2.21 bits per heavy atom. The quantitative estimate of drug-likeness (QED) is 0.713. The zero-order chi connectivity index (χ0) is 9.80. The average Bonchev–Trinajstić information content (AvgIpc) is 2.70. The Labute approximate surface area is 92.6 Å². The lowest BCUT2D eigenvalue weighted by molar-refractivity contribution is 0.350. The molecule has 0 unspecified atom stereocenters. The highest BCUT2D eigenvalue weighted by Gasteiger charge is 2.21. The van der Waals surface area contributed by atoms with Crippen molar-refractivity contribution in [2.24, 2.45) is 5.92 Å². The van der Waals surface area contributed by atoms with Crippen LogP contribution in [0, 0.1) is 5.92 Å². The molecule has 0 amide bonds. The second-order valence-electron chi connectivity index (χ2n) is 5.01. The van der Waals surface area contributed by atoms with Gasteiger partial charge in [0, 0.05) is 11.4 Å². The number of halogens is 1. The molecule has 0 saturated heterocycles. The summed E-state index contributed by atoms with van der Waals surface area (Å²) >= 11 is 6.08. The predicted molar refractivity (Wildman–Crippen MR) is 61.9 cm³/mol. The van der Waals surface area contributed by atoms with Gasteiger partial charge < -0.3 is 5.32 Å². The van der Waals surface area contributed by atoms with Crippen LogP contribution in [0.3, 0.4) is 0 Å². The third kappa shape index (κ3) is 3.13. The summed E-state index contributed by atoms with van der Waals surface area (Å²) in [7, 11) is 0. The lowest BCUT2D eigenvalue weighted by Crippen LogP contribution is -2.36. The first-order valence-corrected chi connectivity index (χ1v) is 6.65. The van der Waals surface area contributed by atoms with Crippen molar-refractivity contribution >= 4 is 11.6 Å². The van der Waals surface area contributed by atoms with Gasteiger partial charge in [-0.1, -0.05) is 12.8 Å². The minimum atomic E-state index is 0.458. The minimum Gasteiger partial charge on any atom is -0.314 e.